The van der Waals surface area contributed by atoms with Gasteiger partial charge in [-0.15, -0.1) is 0 Å². The second-order valence-corrected chi connectivity index (χ2v) is 6.00. The minimum absolute atomic E-state index is 0.126. The Morgan fingerprint density at radius 1 is 1.19 bits per heavy atom. The molecule has 0 radical (unpaired) electrons. The number of rotatable bonds is 3. The zero-order chi connectivity index (χ0) is 14.8. The molecule has 2 heterocycles. The van der Waals surface area contributed by atoms with Crippen molar-refractivity contribution in [2.45, 2.75) is 39.2 Å². The van der Waals surface area contributed by atoms with Crippen molar-refractivity contribution < 1.29 is 4.74 Å². The van der Waals surface area contributed by atoms with Crippen molar-refractivity contribution in [2.24, 2.45) is 11.8 Å². The van der Waals surface area contributed by atoms with Crippen LogP contribution in [0.2, 0.25) is 5.28 Å². The van der Waals surface area contributed by atoms with Gasteiger partial charge in [0, 0.05) is 12.4 Å². The molecule has 0 spiro atoms. The van der Waals surface area contributed by atoms with Gasteiger partial charge in [0.15, 0.2) is 0 Å². The van der Waals surface area contributed by atoms with Gasteiger partial charge in [0.2, 0.25) is 11.2 Å². The Morgan fingerprint density at radius 3 is 2.76 bits per heavy atom. The van der Waals surface area contributed by atoms with Crippen LogP contribution in [0.5, 0.6) is 6.01 Å². The molecule has 3 atom stereocenters. The third kappa shape index (κ3) is 3.32. The monoisotopic (exact) mass is 307 g/mol. The maximum absolute atomic E-state index is 5.96. The van der Waals surface area contributed by atoms with Gasteiger partial charge < -0.3 is 4.74 Å². The molecule has 3 unspecified atom stereocenters. The molecule has 21 heavy (non-hydrogen) atoms. The predicted molar refractivity (Wildman–Crippen MR) is 78.6 cm³/mol. The minimum Gasteiger partial charge on any atom is -0.460 e. The van der Waals surface area contributed by atoms with Gasteiger partial charge in [0.25, 0.3) is 0 Å². The molecule has 1 fully saturated rings. The molecule has 6 nitrogen and oxygen atoms in total. The maximum atomic E-state index is 5.96. The van der Waals surface area contributed by atoms with Crippen molar-refractivity contribution in [1.29, 1.82) is 0 Å². The fourth-order valence-corrected chi connectivity index (χ4v) is 2.77. The molecule has 0 bridgehead atoms. The van der Waals surface area contributed by atoms with Crippen LogP contribution >= 0.6 is 11.6 Å². The molecule has 7 heteroatoms. The van der Waals surface area contributed by atoms with Crippen LogP contribution in [-0.4, -0.2) is 30.6 Å². The van der Waals surface area contributed by atoms with E-state index in [0.29, 0.717) is 11.9 Å². The van der Waals surface area contributed by atoms with E-state index in [-0.39, 0.29) is 17.4 Å². The third-order valence-corrected chi connectivity index (χ3v) is 4.30. The van der Waals surface area contributed by atoms with E-state index in [1.54, 1.807) is 23.3 Å². The van der Waals surface area contributed by atoms with Gasteiger partial charge in [-0.3, -0.25) is 4.57 Å². The Labute approximate surface area is 128 Å². The first-order valence-corrected chi connectivity index (χ1v) is 7.56. The number of hydrogen-bond donors (Lipinski definition) is 0. The Hall–Kier alpha value is -1.69. The number of imidazole rings is 1. The van der Waals surface area contributed by atoms with Gasteiger partial charge in [0.05, 0.1) is 0 Å². The quantitative estimate of drug-likeness (QED) is 0.872. The van der Waals surface area contributed by atoms with E-state index >= 15 is 0 Å². The lowest BCUT2D eigenvalue weighted by Crippen LogP contribution is -2.29. The standard InChI is InChI=1S/C14H18ClN5O/c1-9-3-4-11(7-10(9)2)21-14-18-12(15)17-13(19-14)20-6-5-16-8-20/h5-6,8-11H,3-4,7H2,1-2H3. The topological polar surface area (TPSA) is 65.7 Å². The summed E-state index contributed by atoms with van der Waals surface area (Å²) in [4.78, 5) is 16.4. The fourth-order valence-electron chi connectivity index (χ4n) is 2.62. The van der Waals surface area contributed by atoms with Crippen molar-refractivity contribution in [3.05, 3.63) is 24.0 Å². The summed E-state index contributed by atoms with van der Waals surface area (Å²) in [5, 5.41) is 0.126. The lowest BCUT2D eigenvalue weighted by atomic mass is 9.80. The molecule has 3 rings (SSSR count). The Balaban J connectivity index is 1.77. The van der Waals surface area contributed by atoms with Crippen LogP contribution in [0.3, 0.4) is 0 Å². The molecular formula is C14H18ClN5O. The summed E-state index contributed by atoms with van der Waals surface area (Å²) >= 11 is 5.96. The molecule has 112 valence electrons. The van der Waals surface area contributed by atoms with Crippen molar-refractivity contribution in [1.82, 2.24) is 24.5 Å². The molecule has 2 aromatic rings. The number of hydrogen-bond acceptors (Lipinski definition) is 5. The summed E-state index contributed by atoms with van der Waals surface area (Å²) in [6.45, 7) is 4.55. The maximum Gasteiger partial charge on any atom is 0.322 e. The highest BCUT2D eigenvalue weighted by Crippen LogP contribution is 2.31. The van der Waals surface area contributed by atoms with E-state index in [1.165, 1.54) is 6.42 Å². The van der Waals surface area contributed by atoms with Crippen molar-refractivity contribution >= 4 is 11.6 Å². The molecule has 0 saturated heterocycles. The normalized spacial score (nSPS) is 25.8. The predicted octanol–water partition coefficient (Wildman–Crippen LogP) is 2.91. The summed E-state index contributed by atoms with van der Waals surface area (Å²) in [5.41, 5.74) is 0. The first-order valence-electron chi connectivity index (χ1n) is 7.18. The SMILES string of the molecule is CC1CCC(Oc2nc(Cl)nc(-n3ccnc3)n2)CC1C. The molecule has 2 aromatic heterocycles. The van der Waals surface area contributed by atoms with Crippen LogP contribution in [-0.2, 0) is 0 Å². The van der Waals surface area contributed by atoms with Gasteiger partial charge >= 0.3 is 6.01 Å². The van der Waals surface area contributed by atoms with Gasteiger partial charge in [-0.25, -0.2) is 4.98 Å². The highest BCUT2D eigenvalue weighted by molar-refractivity contribution is 6.28. The largest absolute Gasteiger partial charge is 0.460 e. The first-order chi connectivity index (χ1) is 10.1. The van der Waals surface area contributed by atoms with Crippen LogP contribution in [0.15, 0.2) is 18.7 Å². The zero-order valence-electron chi connectivity index (χ0n) is 12.1. The molecule has 0 aromatic carbocycles. The summed E-state index contributed by atoms with van der Waals surface area (Å²) < 4.78 is 7.59. The van der Waals surface area contributed by atoms with Crippen LogP contribution < -0.4 is 4.74 Å². The average Bonchev–Trinajstić information content (AvgIpc) is 2.96. The minimum atomic E-state index is 0.126. The van der Waals surface area contributed by atoms with E-state index < -0.39 is 0 Å². The smallest absolute Gasteiger partial charge is 0.322 e. The van der Waals surface area contributed by atoms with Crippen LogP contribution in [0.1, 0.15) is 33.1 Å². The molecule has 1 aliphatic carbocycles. The summed E-state index contributed by atoms with van der Waals surface area (Å²) in [6.07, 6.45) is 8.37. The van der Waals surface area contributed by atoms with Crippen LogP contribution in [0.4, 0.5) is 0 Å². The molecule has 1 aliphatic rings. The third-order valence-electron chi connectivity index (χ3n) is 4.13. The number of halogens is 1. The number of nitrogens with zero attached hydrogens (tertiary/aromatic N) is 5. The van der Waals surface area contributed by atoms with E-state index in [1.807, 2.05) is 0 Å². The van der Waals surface area contributed by atoms with Gasteiger partial charge in [-0.1, -0.05) is 13.8 Å². The Kier molecular flexibility index (Phi) is 4.05. The van der Waals surface area contributed by atoms with Gasteiger partial charge in [0.1, 0.15) is 12.4 Å². The lowest BCUT2D eigenvalue weighted by Gasteiger charge is -2.31. The highest BCUT2D eigenvalue weighted by Gasteiger charge is 2.26. The number of aromatic nitrogens is 5. The Morgan fingerprint density at radius 2 is 2.05 bits per heavy atom. The van der Waals surface area contributed by atoms with E-state index in [4.69, 9.17) is 16.3 Å². The summed E-state index contributed by atoms with van der Waals surface area (Å²) in [5.74, 6) is 1.81. The van der Waals surface area contributed by atoms with Gasteiger partial charge in [-0.05, 0) is 42.7 Å². The lowest BCUT2D eigenvalue weighted by molar-refractivity contribution is 0.0916. The van der Waals surface area contributed by atoms with Gasteiger partial charge in [-0.2, -0.15) is 15.0 Å². The van der Waals surface area contributed by atoms with Crippen LogP contribution in [0, 0.1) is 11.8 Å². The number of ether oxygens (including phenoxy) is 1. The highest BCUT2D eigenvalue weighted by atomic mass is 35.5. The fraction of sp³-hybridized carbons (Fsp3) is 0.571. The summed E-state index contributed by atoms with van der Waals surface area (Å²) in [6, 6.07) is 0.283. The van der Waals surface area contributed by atoms with Crippen LogP contribution in [0.25, 0.3) is 5.95 Å². The van der Waals surface area contributed by atoms with Crippen molar-refractivity contribution in [3.8, 4) is 12.0 Å². The summed E-state index contributed by atoms with van der Waals surface area (Å²) in [7, 11) is 0. The second kappa shape index (κ2) is 5.97. The second-order valence-electron chi connectivity index (χ2n) is 5.66. The van der Waals surface area contributed by atoms with Crippen molar-refractivity contribution in [2.75, 3.05) is 0 Å². The van der Waals surface area contributed by atoms with E-state index in [9.17, 15) is 0 Å². The first kappa shape index (κ1) is 14.3. The Bertz CT molecular complexity index is 603. The molecule has 0 amide bonds. The molecule has 1 saturated carbocycles. The van der Waals surface area contributed by atoms with Crippen molar-refractivity contribution in [3.63, 3.8) is 0 Å². The average molecular weight is 308 g/mol. The van der Waals surface area contributed by atoms with E-state index in [2.05, 4.69) is 33.8 Å². The zero-order valence-corrected chi connectivity index (χ0v) is 12.9. The molecule has 0 N–H and O–H groups in total. The molecule has 0 aliphatic heterocycles. The molecular weight excluding hydrogens is 290 g/mol. The van der Waals surface area contributed by atoms with E-state index in [0.717, 1.165) is 18.8 Å².